The molecule has 0 saturated carbocycles. The maximum atomic E-state index is 13.1. The van der Waals surface area contributed by atoms with Crippen LogP contribution >= 0.6 is 22.9 Å². The lowest BCUT2D eigenvalue weighted by molar-refractivity contribution is 0.103. The Bertz CT molecular complexity index is 1180. The SMILES string of the molecule is Cc1cc(Cl)ccc1NC(=O)c1cc2c(C)nn(Cc3ccc(F)cc3)c2s1. The summed E-state index contributed by atoms with van der Waals surface area (Å²) in [6, 6.07) is 13.6. The number of benzene rings is 2. The molecule has 0 saturated heterocycles. The predicted octanol–water partition coefficient (Wildman–Crippen LogP) is 5.81. The Hall–Kier alpha value is -2.70. The minimum Gasteiger partial charge on any atom is -0.321 e. The van der Waals surface area contributed by atoms with E-state index >= 15 is 0 Å². The summed E-state index contributed by atoms with van der Waals surface area (Å²) < 4.78 is 15.0. The van der Waals surface area contributed by atoms with Gasteiger partial charge in [0.2, 0.25) is 0 Å². The van der Waals surface area contributed by atoms with Crippen molar-refractivity contribution >= 4 is 44.7 Å². The van der Waals surface area contributed by atoms with E-state index in [1.165, 1.54) is 23.5 Å². The summed E-state index contributed by atoms with van der Waals surface area (Å²) in [6.45, 7) is 4.33. The number of carbonyl (C=O) groups excluding carboxylic acids is 1. The molecule has 0 spiro atoms. The molecule has 0 unspecified atom stereocenters. The number of halogens is 2. The van der Waals surface area contributed by atoms with Crippen LogP contribution in [-0.4, -0.2) is 15.7 Å². The first kappa shape index (κ1) is 18.7. The van der Waals surface area contributed by atoms with E-state index in [-0.39, 0.29) is 11.7 Å². The molecule has 0 aliphatic heterocycles. The van der Waals surface area contributed by atoms with Crippen LogP contribution in [0.5, 0.6) is 0 Å². The molecule has 0 aliphatic carbocycles. The highest BCUT2D eigenvalue weighted by molar-refractivity contribution is 7.20. The fraction of sp³-hybridized carbons (Fsp3) is 0.143. The summed E-state index contributed by atoms with van der Waals surface area (Å²) in [7, 11) is 0. The Morgan fingerprint density at radius 2 is 1.93 bits per heavy atom. The Balaban J connectivity index is 1.62. The molecule has 1 amide bonds. The molecule has 1 N–H and O–H groups in total. The maximum absolute atomic E-state index is 13.1. The quantitative estimate of drug-likeness (QED) is 0.459. The highest BCUT2D eigenvalue weighted by Gasteiger charge is 2.17. The number of nitrogens with zero attached hydrogens (tertiary/aromatic N) is 2. The Kier molecular flexibility index (Phi) is 4.91. The second-order valence-electron chi connectivity index (χ2n) is 6.61. The van der Waals surface area contributed by atoms with Gasteiger partial charge in [0.15, 0.2) is 0 Å². The average Bonchev–Trinajstić information content (AvgIpc) is 3.21. The van der Waals surface area contributed by atoms with E-state index in [0.29, 0.717) is 16.4 Å². The minimum atomic E-state index is -0.266. The van der Waals surface area contributed by atoms with Gasteiger partial charge < -0.3 is 5.32 Å². The largest absolute Gasteiger partial charge is 0.321 e. The zero-order valence-electron chi connectivity index (χ0n) is 15.3. The molecule has 0 aliphatic rings. The van der Waals surface area contributed by atoms with Gasteiger partial charge in [-0.3, -0.25) is 9.48 Å². The van der Waals surface area contributed by atoms with Crippen LogP contribution < -0.4 is 5.32 Å². The van der Waals surface area contributed by atoms with Crippen LogP contribution in [0.25, 0.3) is 10.2 Å². The molecule has 7 heteroatoms. The number of amides is 1. The fourth-order valence-electron chi connectivity index (χ4n) is 3.05. The second-order valence-corrected chi connectivity index (χ2v) is 8.08. The van der Waals surface area contributed by atoms with Crippen LogP contribution in [0.3, 0.4) is 0 Å². The van der Waals surface area contributed by atoms with E-state index in [9.17, 15) is 9.18 Å². The normalized spacial score (nSPS) is 11.1. The lowest BCUT2D eigenvalue weighted by Gasteiger charge is -2.07. The number of aromatic nitrogens is 2. The third-order valence-corrected chi connectivity index (χ3v) is 5.90. The lowest BCUT2D eigenvalue weighted by Crippen LogP contribution is -2.11. The summed E-state index contributed by atoms with van der Waals surface area (Å²) in [5.74, 6) is -0.433. The third kappa shape index (κ3) is 3.66. The molecule has 0 atom stereocenters. The molecule has 0 radical (unpaired) electrons. The van der Waals surface area contributed by atoms with Crippen LogP contribution in [0.2, 0.25) is 5.02 Å². The molecular weight excluding hydrogens is 397 g/mol. The van der Waals surface area contributed by atoms with Gasteiger partial charge in [-0.15, -0.1) is 11.3 Å². The number of carbonyl (C=O) groups is 1. The Labute approximate surface area is 170 Å². The van der Waals surface area contributed by atoms with Crippen molar-refractivity contribution in [2.24, 2.45) is 0 Å². The molecule has 2 aromatic heterocycles. The van der Waals surface area contributed by atoms with Gasteiger partial charge in [-0.2, -0.15) is 5.10 Å². The molecule has 0 bridgehead atoms. The monoisotopic (exact) mass is 413 g/mol. The highest BCUT2D eigenvalue weighted by Crippen LogP contribution is 2.30. The van der Waals surface area contributed by atoms with Crippen molar-refractivity contribution in [1.82, 2.24) is 9.78 Å². The fourth-order valence-corrected chi connectivity index (χ4v) is 4.33. The lowest BCUT2D eigenvalue weighted by atomic mass is 10.2. The van der Waals surface area contributed by atoms with E-state index < -0.39 is 0 Å². The van der Waals surface area contributed by atoms with E-state index in [4.69, 9.17) is 11.6 Å². The van der Waals surface area contributed by atoms with E-state index in [2.05, 4.69) is 10.4 Å². The zero-order valence-corrected chi connectivity index (χ0v) is 16.9. The van der Waals surface area contributed by atoms with Crippen LogP contribution in [0, 0.1) is 19.7 Å². The van der Waals surface area contributed by atoms with Gasteiger partial charge in [0, 0.05) is 16.1 Å². The number of aryl methyl sites for hydroxylation is 2. The summed E-state index contributed by atoms with van der Waals surface area (Å²) >= 11 is 7.37. The van der Waals surface area contributed by atoms with Gasteiger partial charge in [0.05, 0.1) is 17.1 Å². The molecular formula is C21H17ClFN3OS. The van der Waals surface area contributed by atoms with Crippen molar-refractivity contribution in [3.05, 3.63) is 81.1 Å². The highest BCUT2D eigenvalue weighted by atomic mass is 35.5. The van der Waals surface area contributed by atoms with Gasteiger partial charge in [-0.25, -0.2) is 4.39 Å². The molecule has 2 aromatic carbocycles. The molecule has 4 rings (SSSR count). The summed E-state index contributed by atoms with van der Waals surface area (Å²) in [5, 5.41) is 9.09. The molecule has 28 heavy (non-hydrogen) atoms. The molecule has 0 fully saturated rings. The van der Waals surface area contributed by atoms with Crippen LogP contribution in [0.1, 0.15) is 26.5 Å². The standard InChI is InChI=1S/C21H17ClFN3OS/c1-12-9-15(22)5-8-18(12)24-20(27)19-10-17-13(2)25-26(21(17)28-19)11-14-3-6-16(23)7-4-14/h3-10H,11H2,1-2H3,(H,24,27). The number of hydrogen-bond donors (Lipinski definition) is 1. The summed E-state index contributed by atoms with van der Waals surface area (Å²) in [4.78, 5) is 14.3. The number of rotatable bonds is 4. The minimum absolute atomic E-state index is 0.167. The van der Waals surface area contributed by atoms with Crippen molar-refractivity contribution in [3.63, 3.8) is 0 Å². The van der Waals surface area contributed by atoms with Gasteiger partial charge in [-0.05, 0) is 61.4 Å². The van der Waals surface area contributed by atoms with Crippen LogP contribution in [-0.2, 0) is 6.54 Å². The van der Waals surface area contributed by atoms with Gasteiger partial charge in [0.25, 0.3) is 5.91 Å². The number of anilines is 1. The summed E-state index contributed by atoms with van der Waals surface area (Å²) in [5.41, 5.74) is 3.44. The zero-order chi connectivity index (χ0) is 19.8. The number of fused-ring (bicyclic) bond motifs is 1. The average molecular weight is 414 g/mol. The second kappa shape index (κ2) is 7.37. The van der Waals surface area contributed by atoms with Gasteiger partial charge in [0.1, 0.15) is 10.6 Å². The van der Waals surface area contributed by atoms with Crippen molar-refractivity contribution < 1.29 is 9.18 Å². The van der Waals surface area contributed by atoms with Gasteiger partial charge in [-0.1, -0.05) is 23.7 Å². The Morgan fingerprint density at radius 1 is 1.18 bits per heavy atom. The first-order valence-corrected chi connectivity index (χ1v) is 9.89. The van der Waals surface area contributed by atoms with E-state index in [1.807, 2.05) is 30.7 Å². The van der Waals surface area contributed by atoms with E-state index in [0.717, 1.165) is 32.7 Å². The first-order chi connectivity index (χ1) is 13.4. The first-order valence-electron chi connectivity index (χ1n) is 8.69. The molecule has 4 aromatic rings. The summed E-state index contributed by atoms with van der Waals surface area (Å²) in [6.07, 6.45) is 0. The van der Waals surface area contributed by atoms with Crippen LogP contribution in [0.15, 0.2) is 48.5 Å². The molecule has 4 nitrogen and oxygen atoms in total. The van der Waals surface area contributed by atoms with Crippen molar-refractivity contribution in [3.8, 4) is 0 Å². The van der Waals surface area contributed by atoms with Crippen molar-refractivity contribution in [2.75, 3.05) is 5.32 Å². The third-order valence-electron chi connectivity index (χ3n) is 4.51. The van der Waals surface area contributed by atoms with Crippen molar-refractivity contribution in [2.45, 2.75) is 20.4 Å². The maximum Gasteiger partial charge on any atom is 0.265 e. The van der Waals surface area contributed by atoms with E-state index in [1.54, 1.807) is 24.3 Å². The number of nitrogens with one attached hydrogen (secondary N) is 1. The molecule has 2 heterocycles. The molecule has 142 valence electrons. The predicted molar refractivity (Wildman–Crippen MR) is 112 cm³/mol. The van der Waals surface area contributed by atoms with Crippen LogP contribution in [0.4, 0.5) is 10.1 Å². The Morgan fingerprint density at radius 3 is 2.64 bits per heavy atom. The van der Waals surface area contributed by atoms with Gasteiger partial charge >= 0.3 is 0 Å². The smallest absolute Gasteiger partial charge is 0.265 e. The number of hydrogen-bond acceptors (Lipinski definition) is 3. The number of thiophene rings is 1. The van der Waals surface area contributed by atoms with Crippen molar-refractivity contribution in [1.29, 1.82) is 0 Å². The topological polar surface area (TPSA) is 46.9 Å².